The van der Waals surface area contributed by atoms with Crippen LogP contribution in [0.4, 0.5) is 0 Å². The Morgan fingerprint density at radius 2 is 1.85 bits per heavy atom. The molecule has 5 nitrogen and oxygen atoms in total. The van der Waals surface area contributed by atoms with Crippen molar-refractivity contribution in [2.75, 3.05) is 19.6 Å². The largest absolute Gasteiger partial charge is 0.341 e. The lowest BCUT2D eigenvalue weighted by Crippen LogP contribution is -2.31. The molecule has 2 heterocycles. The summed E-state index contributed by atoms with van der Waals surface area (Å²) in [4.78, 5) is 14.8. The van der Waals surface area contributed by atoms with Crippen LogP contribution >= 0.6 is 12.4 Å². The van der Waals surface area contributed by atoms with Gasteiger partial charge in [0.1, 0.15) is 0 Å². The Bertz CT molecular complexity index is 880. The Labute approximate surface area is 159 Å². The summed E-state index contributed by atoms with van der Waals surface area (Å²) in [5, 5.41) is 8.31. The maximum Gasteiger partial charge on any atom is 0.228 e. The summed E-state index contributed by atoms with van der Waals surface area (Å²) >= 11 is 0. The number of nitrogens with zero attached hydrogens (tertiary/aromatic N) is 2. The van der Waals surface area contributed by atoms with Crippen LogP contribution in [0.15, 0.2) is 54.6 Å². The van der Waals surface area contributed by atoms with Crippen molar-refractivity contribution in [2.45, 2.75) is 12.3 Å². The first-order valence-electron chi connectivity index (χ1n) is 8.71. The minimum atomic E-state index is 0. The van der Waals surface area contributed by atoms with E-state index in [1.165, 1.54) is 5.56 Å². The maximum absolute atomic E-state index is 12.8. The lowest BCUT2D eigenvalue weighted by Gasteiger charge is -2.16. The average molecular weight is 371 g/mol. The number of benzene rings is 2. The van der Waals surface area contributed by atoms with Gasteiger partial charge in [-0.05, 0) is 24.1 Å². The van der Waals surface area contributed by atoms with Crippen molar-refractivity contribution in [3.05, 3.63) is 65.9 Å². The van der Waals surface area contributed by atoms with Gasteiger partial charge < -0.3 is 10.6 Å². The van der Waals surface area contributed by atoms with Crippen LogP contribution < -0.4 is 5.73 Å². The van der Waals surface area contributed by atoms with Crippen LogP contribution in [-0.2, 0) is 11.2 Å². The molecule has 0 unspecified atom stereocenters. The molecule has 0 bridgehead atoms. The standard InChI is InChI=1S/C20H22N4O.ClH/c21-11-15-12-24(13-17(15)14-6-2-1-3-7-14)20(25)10-19-16-8-4-5-9-18(16)22-23-19;/h1-9,15,17H,10-13,21H2,(H,22,23);1H/t15-,17+;/m1./s1. The van der Waals surface area contributed by atoms with Gasteiger partial charge in [-0.3, -0.25) is 9.89 Å². The number of aromatic amines is 1. The Kier molecular flexibility index (Phi) is 5.59. The van der Waals surface area contributed by atoms with E-state index in [1.54, 1.807) is 0 Å². The smallest absolute Gasteiger partial charge is 0.228 e. The number of nitrogens with one attached hydrogen (secondary N) is 1. The van der Waals surface area contributed by atoms with Gasteiger partial charge in [0, 0.05) is 24.4 Å². The molecule has 2 atom stereocenters. The summed E-state index contributed by atoms with van der Waals surface area (Å²) in [6.45, 7) is 2.05. The second-order valence-corrected chi connectivity index (χ2v) is 6.71. The fourth-order valence-electron chi connectivity index (χ4n) is 3.80. The van der Waals surface area contributed by atoms with Crippen molar-refractivity contribution in [3.63, 3.8) is 0 Å². The second kappa shape index (κ2) is 7.89. The molecule has 26 heavy (non-hydrogen) atoms. The molecule has 1 aromatic heterocycles. The normalized spacial score (nSPS) is 19.5. The first-order valence-corrected chi connectivity index (χ1v) is 8.71. The van der Waals surface area contributed by atoms with Crippen molar-refractivity contribution in [1.82, 2.24) is 15.1 Å². The van der Waals surface area contributed by atoms with Gasteiger partial charge >= 0.3 is 0 Å². The van der Waals surface area contributed by atoms with Gasteiger partial charge in [-0.25, -0.2) is 0 Å². The summed E-state index contributed by atoms with van der Waals surface area (Å²) in [7, 11) is 0. The lowest BCUT2D eigenvalue weighted by atomic mass is 9.89. The number of carbonyl (C=O) groups is 1. The Hall–Kier alpha value is -2.37. The molecular weight excluding hydrogens is 348 g/mol. The fraction of sp³-hybridized carbons (Fsp3) is 0.300. The summed E-state index contributed by atoms with van der Waals surface area (Å²) in [6.07, 6.45) is 0.347. The van der Waals surface area contributed by atoms with Crippen LogP contribution in [0.25, 0.3) is 10.9 Å². The van der Waals surface area contributed by atoms with Gasteiger partial charge in [-0.2, -0.15) is 5.10 Å². The van der Waals surface area contributed by atoms with E-state index in [2.05, 4.69) is 22.3 Å². The molecular formula is C20H23ClN4O. The quantitative estimate of drug-likeness (QED) is 0.741. The highest BCUT2D eigenvalue weighted by atomic mass is 35.5. The van der Waals surface area contributed by atoms with Crippen molar-refractivity contribution in [1.29, 1.82) is 0 Å². The summed E-state index contributed by atoms with van der Waals surface area (Å²) in [5.74, 6) is 0.754. The van der Waals surface area contributed by atoms with Crippen molar-refractivity contribution >= 4 is 29.2 Å². The third-order valence-corrected chi connectivity index (χ3v) is 5.19. The highest BCUT2D eigenvalue weighted by Crippen LogP contribution is 2.32. The summed E-state index contributed by atoms with van der Waals surface area (Å²) < 4.78 is 0. The molecule has 3 N–H and O–H groups in total. The number of likely N-dealkylation sites (tertiary alicyclic amines) is 1. The Balaban J connectivity index is 0.00000196. The van der Waals surface area contributed by atoms with Gasteiger partial charge in [-0.15, -0.1) is 12.4 Å². The monoisotopic (exact) mass is 370 g/mol. The molecule has 0 saturated carbocycles. The average Bonchev–Trinajstić information content (AvgIpc) is 3.27. The number of fused-ring (bicyclic) bond motifs is 1. The van der Waals surface area contributed by atoms with E-state index in [4.69, 9.17) is 5.73 Å². The predicted octanol–water partition coefficient (Wildman–Crippen LogP) is 2.73. The number of carbonyl (C=O) groups excluding carboxylic acids is 1. The van der Waals surface area contributed by atoms with Crippen molar-refractivity contribution < 1.29 is 4.79 Å². The number of aromatic nitrogens is 2. The molecule has 2 aromatic carbocycles. The third kappa shape index (κ3) is 3.45. The zero-order chi connectivity index (χ0) is 17.2. The van der Waals surface area contributed by atoms with Crippen LogP contribution in [-0.4, -0.2) is 40.6 Å². The van der Waals surface area contributed by atoms with E-state index in [0.29, 0.717) is 24.8 Å². The van der Waals surface area contributed by atoms with E-state index < -0.39 is 0 Å². The zero-order valence-electron chi connectivity index (χ0n) is 14.5. The molecule has 136 valence electrons. The number of amides is 1. The number of H-pyrrole nitrogens is 1. The SMILES string of the molecule is Cl.NC[C@@H]1CN(C(=O)Cc2[nH]nc3ccccc23)C[C@H]1c1ccccc1. The zero-order valence-corrected chi connectivity index (χ0v) is 15.3. The third-order valence-electron chi connectivity index (χ3n) is 5.19. The molecule has 1 aliphatic heterocycles. The number of hydrogen-bond acceptors (Lipinski definition) is 3. The molecule has 0 aliphatic carbocycles. The Morgan fingerprint density at radius 3 is 2.62 bits per heavy atom. The fourth-order valence-corrected chi connectivity index (χ4v) is 3.80. The van der Waals surface area contributed by atoms with E-state index in [-0.39, 0.29) is 18.3 Å². The van der Waals surface area contributed by atoms with Crippen LogP contribution in [0.3, 0.4) is 0 Å². The topological polar surface area (TPSA) is 75.0 Å². The molecule has 0 spiro atoms. The minimum absolute atomic E-state index is 0. The summed E-state index contributed by atoms with van der Waals surface area (Å²) in [5.41, 5.74) is 9.02. The summed E-state index contributed by atoms with van der Waals surface area (Å²) in [6, 6.07) is 18.2. The molecule has 1 aliphatic rings. The van der Waals surface area contributed by atoms with Gasteiger partial charge in [0.2, 0.25) is 5.91 Å². The van der Waals surface area contributed by atoms with Gasteiger partial charge in [0.05, 0.1) is 17.6 Å². The van der Waals surface area contributed by atoms with Crippen molar-refractivity contribution in [2.24, 2.45) is 11.7 Å². The molecule has 1 fully saturated rings. The number of halogens is 1. The minimum Gasteiger partial charge on any atom is -0.341 e. The highest BCUT2D eigenvalue weighted by Gasteiger charge is 2.35. The highest BCUT2D eigenvalue weighted by molar-refractivity contribution is 5.87. The molecule has 1 amide bonds. The van der Waals surface area contributed by atoms with Crippen molar-refractivity contribution in [3.8, 4) is 0 Å². The van der Waals surface area contributed by atoms with Crippen LogP contribution in [0.2, 0.25) is 0 Å². The van der Waals surface area contributed by atoms with Crippen LogP contribution in [0.1, 0.15) is 17.2 Å². The Morgan fingerprint density at radius 1 is 1.12 bits per heavy atom. The number of para-hydroxylation sites is 1. The molecule has 4 rings (SSSR count). The van der Waals surface area contributed by atoms with Gasteiger partial charge in [-0.1, -0.05) is 48.5 Å². The molecule has 6 heteroatoms. The van der Waals surface area contributed by atoms with Crippen LogP contribution in [0.5, 0.6) is 0 Å². The van der Waals surface area contributed by atoms with E-state index in [1.807, 2.05) is 47.4 Å². The van der Waals surface area contributed by atoms with Crippen LogP contribution in [0, 0.1) is 5.92 Å². The first-order chi connectivity index (χ1) is 12.3. The predicted molar refractivity (Wildman–Crippen MR) is 105 cm³/mol. The second-order valence-electron chi connectivity index (χ2n) is 6.71. The van der Waals surface area contributed by atoms with Gasteiger partial charge in [0.25, 0.3) is 0 Å². The lowest BCUT2D eigenvalue weighted by molar-refractivity contribution is -0.129. The molecule has 3 aromatic rings. The number of nitrogens with two attached hydrogens (primary N) is 1. The first kappa shape index (κ1) is 18.4. The van der Waals surface area contributed by atoms with E-state index in [0.717, 1.165) is 29.7 Å². The molecule has 1 saturated heterocycles. The van der Waals surface area contributed by atoms with E-state index in [9.17, 15) is 4.79 Å². The molecule has 0 radical (unpaired) electrons. The maximum atomic E-state index is 12.8. The van der Waals surface area contributed by atoms with E-state index >= 15 is 0 Å². The number of rotatable bonds is 4. The van der Waals surface area contributed by atoms with Gasteiger partial charge in [0.15, 0.2) is 0 Å². The number of hydrogen-bond donors (Lipinski definition) is 2.